The van der Waals surface area contributed by atoms with Crippen molar-refractivity contribution < 1.29 is 14.6 Å². The number of pyridine rings is 1. The summed E-state index contributed by atoms with van der Waals surface area (Å²) in [6, 6.07) is 1.87. The number of nitrogens with zero attached hydrogens (tertiary/aromatic N) is 3. The summed E-state index contributed by atoms with van der Waals surface area (Å²) in [5.41, 5.74) is 3.88. The van der Waals surface area contributed by atoms with Crippen LogP contribution in [-0.2, 0) is 22.4 Å². The number of aromatic nitrogens is 3. The van der Waals surface area contributed by atoms with E-state index in [4.69, 9.17) is 9.84 Å². The van der Waals surface area contributed by atoms with Crippen LogP contribution in [0.3, 0.4) is 0 Å². The van der Waals surface area contributed by atoms with Crippen LogP contribution >= 0.6 is 0 Å². The molecule has 6 nitrogen and oxygen atoms in total. The molecular weight excluding hydrogens is 294 g/mol. The number of fused-ring (bicyclic) bond motifs is 1. The Bertz CT molecular complexity index is 737. The van der Waals surface area contributed by atoms with Crippen LogP contribution in [0, 0.1) is 5.92 Å². The van der Waals surface area contributed by atoms with E-state index in [0.717, 1.165) is 35.4 Å². The van der Waals surface area contributed by atoms with Crippen LogP contribution in [-0.4, -0.2) is 33.0 Å². The quantitative estimate of drug-likeness (QED) is 0.881. The van der Waals surface area contributed by atoms with Crippen molar-refractivity contribution in [3.05, 3.63) is 29.7 Å². The topological polar surface area (TPSA) is 77.2 Å². The van der Waals surface area contributed by atoms with E-state index in [1.165, 1.54) is 13.3 Å². The Hall–Kier alpha value is -2.37. The number of hydrogen-bond donors (Lipinski definition) is 1. The van der Waals surface area contributed by atoms with E-state index in [1.54, 1.807) is 12.3 Å². The van der Waals surface area contributed by atoms with Gasteiger partial charge in [-0.15, -0.1) is 0 Å². The highest BCUT2D eigenvalue weighted by atomic mass is 16.5. The summed E-state index contributed by atoms with van der Waals surface area (Å²) in [6.45, 7) is 4.14. The number of aromatic hydroxyl groups is 1. The zero-order valence-corrected chi connectivity index (χ0v) is 13.6. The Morgan fingerprint density at radius 1 is 1.43 bits per heavy atom. The average Bonchev–Trinajstić information content (AvgIpc) is 2.93. The lowest BCUT2D eigenvalue weighted by Gasteiger charge is -2.22. The zero-order valence-electron chi connectivity index (χ0n) is 13.6. The maximum Gasteiger partial charge on any atom is 0.309 e. The second-order valence-electron chi connectivity index (χ2n) is 6.21. The predicted molar refractivity (Wildman–Crippen MR) is 85.0 cm³/mol. The molecule has 6 heteroatoms. The number of carbonyl (C=O) groups is 1. The third-order valence-electron chi connectivity index (χ3n) is 4.32. The summed E-state index contributed by atoms with van der Waals surface area (Å²) in [5.74, 6) is -0.150. The summed E-state index contributed by atoms with van der Waals surface area (Å²) in [4.78, 5) is 15.9. The van der Waals surface area contributed by atoms with Gasteiger partial charge in [0.05, 0.1) is 24.9 Å². The van der Waals surface area contributed by atoms with Gasteiger partial charge < -0.3 is 9.84 Å². The van der Waals surface area contributed by atoms with Crippen LogP contribution in [0.25, 0.3) is 11.3 Å². The van der Waals surface area contributed by atoms with Crippen LogP contribution in [0.5, 0.6) is 5.75 Å². The molecule has 1 atom stereocenters. The van der Waals surface area contributed by atoms with E-state index in [1.807, 2.05) is 4.68 Å². The number of esters is 1. The maximum atomic E-state index is 11.9. The standard InChI is InChI=1S/C17H21N3O3/c1-10(2)20-15-7-11(17(22)23-3)4-5-14(15)16(19-20)12-6-13(21)9-18-8-12/h6,8-11,21H,4-5,7H2,1-3H3/t11-/m1/s1. The Labute approximate surface area is 135 Å². The van der Waals surface area contributed by atoms with E-state index in [0.29, 0.717) is 6.42 Å². The Kier molecular flexibility index (Phi) is 4.07. The van der Waals surface area contributed by atoms with Crippen LogP contribution in [0.1, 0.15) is 37.6 Å². The van der Waals surface area contributed by atoms with E-state index >= 15 is 0 Å². The highest BCUT2D eigenvalue weighted by molar-refractivity contribution is 5.74. The molecule has 0 spiro atoms. The van der Waals surface area contributed by atoms with Gasteiger partial charge in [-0.1, -0.05) is 0 Å². The van der Waals surface area contributed by atoms with Gasteiger partial charge in [0.1, 0.15) is 5.75 Å². The minimum Gasteiger partial charge on any atom is -0.506 e. The molecule has 0 amide bonds. The van der Waals surface area contributed by atoms with E-state index in [2.05, 4.69) is 18.8 Å². The molecule has 3 rings (SSSR count). The molecule has 1 aliphatic rings. The average molecular weight is 315 g/mol. The van der Waals surface area contributed by atoms with E-state index < -0.39 is 0 Å². The molecule has 1 aliphatic carbocycles. The Morgan fingerprint density at radius 3 is 2.87 bits per heavy atom. The smallest absolute Gasteiger partial charge is 0.309 e. The van der Waals surface area contributed by atoms with Crippen molar-refractivity contribution in [3.63, 3.8) is 0 Å². The van der Waals surface area contributed by atoms with Crippen molar-refractivity contribution in [3.8, 4) is 17.0 Å². The Morgan fingerprint density at radius 2 is 2.22 bits per heavy atom. The molecule has 122 valence electrons. The minimum absolute atomic E-state index is 0.114. The highest BCUT2D eigenvalue weighted by Crippen LogP contribution is 2.35. The van der Waals surface area contributed by atoms with Gasteiger partial charge in [-0.05, 0) is 32.8 Å². The molecule has 0 aliphatic heterocycles. The largest absolute Gasteiger partial charge is 0.506 e. The summed E-state index contributed by atoms with van der Waals surface area (Å²) < 4.78 is 6.88. The second kappa shape index (κ2) is 6.02. The summed E-state index contributed by atoms with van der Waals surface area (Å²) in [6.07, 6.45) is 5.27. The van der Waals surface area contributed by atoms with Crippen LogP contribution in [0.4, 0.5) is 0 Å². The summed E-state index contributed by atoms with van der Waals surface area (Å²) in [5, 5.41) is 14.4. The molecule has 2 aromatic rings. The first-order valence-corrected chi connectivity index (χ1v) is 7.83. The number of methoxy groups -OCH3 is 1. The van der Waals surface area contributed by atoms with Crippen LogP contribution < -0.4 is 0 Å². The molecule has 0 radical (unpaired) electrons. The molecule has 0 bridgehead atoms. The lowest BCUT2D eigenvalue weighted by Crippen LogP contribution is -2.25. The van der Waals surface area contributed by atoms with Crippen molar-refractivity contribution >= 4 is 5.97 Å². The summed E-state index contributed by atoms with van der Waals surface area (Å²) in [7, 11) is 1.43. The normalized spacial score (nSPS) is 17.1. The maximum absolute atomic E-state index is 11.9. The molecule has 0 aromatic carbocycles. The molecule has 0 unspecified atom stereocenters. The summed E-state index contributed by atoms with van der Waals surface area (Å²) >= 11 is 0. The van der Waals surface area contributed by atoms with Gasteiger partial charge in [0.15, 0.2) is 0 Å². The number of carbonyl (C=O) groups excluding carboxylic acids is 1. The minimum atomic E-state index is -0.160. The molecule has 2 aromatic heterocycles. The molecular formula is C17H21N3O3. The van der Waals surface area contributed by atoms with Gasteiger partial charge in [0.25, 0.3) is 0 Å². The first-order valence-electron chi connectivity index (χ1n) is 7.83. The fraction of sp³-hybridized carbons (Fsp3) is 0.471. The molecule has 1 N–H and O–H groups in total. The Balaban J connectivity index is 2.07. The molecule has 0 saturated carbocycles. The van der Waals surface area contributed by atoms with Gasteiger partial charge in [-0.2, -0.15) is 5.10 Å². The van der Waals surface area contributed by atoms with Crippen molar-refractivity contribution in [1.82, 2.24) is 14.8 Å². The molecule has 2 heterocycles. The van der Waals surface area contributed by atoms with E-state index in [9.17, 15) is 9.90 Å². The highest BCUT2D eigenvalue weighted by Gasteiger charge is 2.31. The van der Waals surface area contributed by atoms with Gasteiger partial charge in [-0.3, -0.25) is 14.5 Å². The van der Waals surface area contributed by atoms with Crippen molar-refractivity contribution in [1.29, 1.82) is 0 Å². The van der Waals surface area contributed by atoms with Crippen molar-refractivity contribution in [2.45, 2.75) is 39.2 Å². The second-order valence-corrected chi connectivity index (χ2v) is 6.21. The number of hydrogen-bond acceptors (Lipinski definition) is 5. The molecule has 0 saturated heterocycles. The van der Waals surface area contributed by atoms with Gasteiger partial charge in [-0.25, -0.2) is 0 Å². The van der Waals surface area contributed by atoms with Crippen LogP contribution in [0.15, 0.2) is 18.5 Å². The fourth-order valence-electron chi connectivity index (χ4n) is 3.22. The van der Waals surface area contributed by atoms with Crippen molar-refractivity contribution in [2.75, 3.05) is 7.11 Å². The van der Waals surface area contributed by atoms with Gasteiger partial charge in [0.2, 0.25) is 0 Å². The van der Waals surface area contributed by atoms with Crippen LogP contribution in [0.2, 0.25) is 0 Å². The third kappa shape index (κ3) is 2.81. The fourth-order valence-corrected chi connectivity index (χ4v) is 3.22. The van der Waals surface area contributed by atoms with Gasteiger partial charge >= 0.3 is 5.97 Å². The first-order chi connectivity index (χ1) is 11.0. The molecule has 23 heavy (non-hydrogen) atoms. The monoisotopic (exact) mass is 315 g/mol. The third-order valence-corrected chi connectivity index (χ3v) is 4.32. The van der Waals surface area contributed by atoms with Gasteiger partial charge in [0, 0.05) is 35.5 Å². The molecule has 0 fully saturated rings. The zero-order chi connectivity index (χ0) is 16.6. The number of ether oxygens (including phenoxy) is 1. The lowest BCUT2D eigenvalue weighted by atomic mass is 9.86. The van der Waals surface area contributed by atoms with Crippen molar-refractivity contribution in [2.24, 2.45) is 5.92 Å². The number of rotatable bonds is 3. The predicted octanol–water partition coefficient (Wildman–Crippen LogP) is 2.51. The lowest BCUT2D eigenvalue weighted by molar-refractivity contribution is -0.145. The SMILES string of the molecule is COC(=O)[C@@H]1CCc2c(-c3cncc(O)c3)nn(C(C)C)c2C1. The first kappa shape index (κ1) is 15.5. The van der Waals surface area contributed by atoms with E-state index in [-0.39, 0.29) is 23.7 Å².